The summed E-state index contributed by atoms with van der Waals surface area (Å²) < 4.78 is 55.2. The quantitative estimate of drug-likeness (QED) is 0.847. The van der Waals surface area contributed by atoms with Crippen molar-refractivity contribution < 1.29 is 17.2 Å². The first kappa shape index (κ1) is 15.5. The van der Waals surface area contributed by atoms with E-state index in [1.165, 1.54) is 10.9 Å². The van der Waals surface area contributed by atoms with Gasteiger partial charge in [0, 0.05) is 37.5 Å². The highest BCUT2D eigenvalue weighted by Crippen LogP contribution is 2.20. The van der Waals surface area contributed by atoms with Crippen LogP contribution in [-0.4, -0.2) is 18.2 Å². The number of aromatic nitrogens is 2. The topological polar surface area (TPSA) is 90.0 Å². The van der Waals surface area contributed by atoms with Gasteiger partial charge in [-0.1, -0.05) is 0 Å². The highest BCUT2D eigenvalue weighted by atomic mass is 32.2. The Labute approximate surface area is 120 Å². The fourth-order valence-electron chi connectivity index (χ4n) is 1.79. The summed E-state index contributed by atoms with van der Waals surface area (Å²) in [5.41, 5.74) is 5.38. The highest BCUT2D eigenvalue weighted by Gasteiger charge is 2.23. The van der Waals surface area contributed by atoms with E-state index >= 15 is 0 Å². The molecule has 9 heteroatoms. The molecule has 0 aliphatic heterocycles. The van der Waals surface area contributed by atoms with Gasteiger partial charge in [-0.2, -0.15) is 5.10 Å². The van der Waals surface area contributed by atoms with Crippen molar-refractivity contribution >= 4 is 10.0 Å². The normalized spacial score (nSPS) is 11.8. The van der Waals surface area contributed by atoms with Crippen molar-refractivity contribution in [2.45, 2.75) is 18.0 Å². The lowest BCUT2D eigenvalue weighted by atomic mass is 10.2. The lowest BCUT2D eigenvalue weighted by Gasteiger charge is -2.10. The van der Waals surface area contributed by atoms with Crippen LogP contribution in [0, 0.1) is 11.6 Å². The Bertz CT molecular complexity index is 759. The molecule has 0 radical (unpaired) electrons. The van der Waals surface area contributed by atoms with Crippen molar-refractivity contribution in [1.82, 2.24) is 14.5 Å². The van der Waals surface area contributed by atoms with Crippen LogP contribution >= 0.6 is 0 Å². The molecule has 0 aliphatic rings. The first-order chi connectivity index (χ1) is 9.85. The van der Waals surface area contributed by atoms with Gasteiger partial charge in [-0.05, 0) is 12.1 Å². The van der Waals surface area contributed by atoms with Crippen LogP contribution in [0.15, 0.2) is 29.4 Å². The molecule has 6 nitrogen and oxygen atoms in total. The Morgan fingerprint density at radius 3 is 2.67 bits per heavy atom. The van der Waals surface area contributed by atoms with Gasteiger partial charge >= 0.3 is 0 Å². The second kappa shape index (κ2) is 5.88. The molecule has 0 fully saturated rings. The van der Waals surface area contributed by atoms with Crippen LogP contribution < -0.4 is 10.5 Å². The number of nitrogens with two attached hydrogens (primary N) is 1. The largest absolute Gasteiger partial charge is 0.326 e. The predicted octanol–water partition coefficient (Wildman–Crippen LogP) is 0.635. The van der Waals surface area contributed by atoms with Crippen LogP contribution in [0.5, 0.6) is 0 Å². The van der Waals surface area contributed by atoms with Crippen LogP contribution in [-0.2, 0) is 30.2 Å². The summed E-state index contributed by atoms with van der Waals surface area (Å²) in [6, 6.07) is 1.75. The van der Waals surface area contributed by atoms with Gasteiger partial charge in [0.15, 0.2) is 5.82 Å². The van der Waals surface area contributed by atoms with Crippen molar-refractivity contribution in [3.05, 3.63) is 47.3 Å². The lowest BCUT2D eigenvalue weighted by molar-refractivity contribution is 0.525. The first-order valence-corrected chi connectivity index (χ1v) is 7.47. The van der Waals surface area contributed by atoms with Gasteiger partial charge in [0.2, 0.25) is 10.0 Å². The van der Waals surface area contributed by atoms with Gasteiger partial charge in [-0.25, -0.2) is 21.9 Å². The maximum atomic E-state index is 14.0. The minimum absolute atomic E-state index is 0.0506. The number of halogens is 2. The summed E-state index contributed by atoms with van der Waals surface area (Å²) >= 11 is 0. The zero-order chi connectivity index (χ0) is 15.6. The molecular formula is C12H14F2N4O2S. The Balaban J connectivity index is 2.27. The molecule has 1 aromatic heterocycles. The van der Waals surface area contributed by atoms with E-state index in [9.17, 15) is 17.2 Å². The Kier molecular flexibility index (Phi) is 4.35. The van der Waals surface area contributed by atoms with Crippen molar-refractivity contribution in [1.29, 1.82) is 0 Å². The molecule has 0 spiro atoms. The maximum absolute atomic E-state index is 14.0. The Morgan fingerprint density at radius 2 is 2.10 bits per heavy atom. The van der Waals surface area contributed by atoms with Crippen molar-refractivity contribution in [2.75, 3.05) is 0 Å². The minimum atomic E-state index is -4.11. The first-order valence-electron chi connectivity index (χ1n) is 5.99. The molecular weight excluding hydrogens is 302 g/mol. The summed E-state index contributed by atoms with van der Waals surface area (Å²) in [7, 11) is -2.43. The molecule has 0 saturated carbocycles. The average molecular weight is 316 g/mol. The molecule has 0 atom stereocenters. The van der Waals surface area contributed by atoms with Crippen LogP contribution in [0.3, 0.4) is 0 Å². The summed E-state index contributed by atoms with van der Waals surface area (Å²) in [4.78, 5) is -0.631. The van der Waals surface area contributed by atoms with Gasteiger partial charge in [0.25, 0.3) is 0 Å². The van der Waals surface area contributed by atoms with Gasteiger partial charge in [-0.15, -0.1) is 0 Å². The zero-order valence-electron chi connectivity index (χ0n) is 11.2. The third-order valence-corrected chi connectivity index (χ3v) is 4.29. The molecule has 114 valence electrons. The number of hydrogen-bond acceptors (Lipinski definition) is 4. The van der Waals surface area contributed by atoms with Gasteiger partial charge < -0.3 is 5.73 Å². The fourth-order valence-corrected chi connectivity index (χ4v) is 2.91. The van der Waals surface area contributed by atoms with E-state index < -0.39 is 38.7 Å². The van der Waals surface area contributed by atoms with Crippen LogP contribution in [0.25, 0.3) is 0 Å². The highest BCUT2D eigenvalue weighted by molar-refractivity contribution is 7.89. The molecule has 2 rings (SSSR count). The van der Waals surface area contributed by atoms with E-state index in [0.29, 0.717) is 5.56 Å². The van der Waals surface area contributed by atoms with Gasteiger partial charge in [0.1, 0.15) is 10.7 Å². The monoisotopic (exact) mass is 316 g/mol. The van der Waals surface area contributed by atoms with E-state index in [0.717, 1.165) is 12.1 Å². The smallest absolute Gasteiger partial charge is 0.243 e. The van der Waals surface area contributed by atoms with Crippen molar-refractivity contribution in [2.24, 2.45) is 12.8 Å². The van der Waals surface area contributed by atoms with E-state index in [2.05, 4.69) is 9.82 Å². The molecule has 1 aromatic carbocycles. The van der Waals surface area contributed by atoms with E-state index in [-0.39, 0.29) is 6.54 Å². The molecule has 0 amide bonds. The SMILES string of the molecule is Cn1cc(CNS(=O)(=O)c2ccc(F)c(CN)c2F)cn1. The van der Waals surface area contributed by atoms with Gasteiger partial charge in [-0.3, -0.25) is 4.68 Å². The third-order valence-electron chi connectivity index (χ3n) is 2.87. The second-order valence-electron chi connectivity index (χ2n) is 4.39. The van der Waals surface area contributed by atoms with Crippen molar-refractivity contribution in [3.8, 4) is 0 Å². The lowest BCUT2D eigenvalue weighted by Crippen LogP contribution is -2.25. The van der Waals surface area contributed by atoms with Crippen LogP contribution in [0.1, 0.15) is 11.1 Å². The number of hydrogen-bond donors (Lipinski definition) is 2. The number of rotatable bonds is 5. The number of nitrogens with one attached hydrogen (secondary N) is 1. The number of aryl methyl sites for hydroxylation is 1. The van der Waals surface area contributed by atoms with Gasteiger partial charge in [0.05, 0.1) is 6.20 Å². The number of benzene rings is 1. The molecule has 0 unspecified atom stereocenters. The van der Waals surface area contributed by atoms with Crippen LogP contribution in [0.2, 0.25) is 0 Å². The summed E-state index contributed by atoms with van der Waals surface area (Å²) in [6.45, 7) is -0.478. The minimum Gasteiger partial charge on any atom is -0.326 e. The molecule has 3 N–H and O–H groups in total. The van der Waals surface area contributed by atoms with E-state index in [1.807, 2.05) is 0 Å². The fraction of sp³-hybridized carbons (Fsp3) is 0.250. The molecule has 0 bridgehead atoms. The van der Waals surface area contributed by atoms with Crippen LogP contribution in [0.4, 0.5) is 8.78 Å². The zero-order valence-corrected chi connectivity index (χ0v) is 12.0. The summed E-state index contributed by atoms with van der Waals surface area (Å²) in [5, 5.41) is 3.89. The van der Waals surface area contributed by atoms with E-state index in [1.54, 1.807) is 13.2 Å². The molecule has 21 heavy (non-hydrogen) atoms. The average Bonchev–Trinajstić information content (AvgIpc) is 2.83. The summed E-state index contributed by atoms with van der Waals surface area (Å²) in [5.74, 6) is -2.04. The van der Waals surface area contributed by atoms with E-state index in [4.69, 9.17) is 5.73 Å². The van der Waals surface area contributed by atoms with Crippen molar-refractivity contribution in [3.63, 3.8) is 0 Å². The standard InChI is InChI=1S/C12H14F2N4O2S/c1-18-7-8(5-16-18)6-17-21(19,20)11-3-2-10(13)9(4-15)12(11)14/h2-3,5,7,17H,4,6,15H2,1H3. The Hall–Kier alpha value is -1.84. The predicted molar refractivity (Wildman–Crippen MR) is 71.5 cm³/mol. The third kappa shape index (κ3) is 3.26. The molecule has 0 saturated heterocycles. The number of sulfonamides is 1. The molecule has 0 aliphatic carbocycles. The summed E-state index contributed by atoms with van der Waals surface area (Å²) in [6.07, 6.45) is 3.10. The maximum Gasteiger partial charge on any atom is 0.243 e. The second-order valence-corrected chi connectivity index (χ2v) is 6.12. The molecule has 2 aromatic rings. The molecule has 1 heterocycles. The number of nitrogens with zero attached hydrogens (tertiary/aromatic N) is 2. The Morgan fingerprint density at radius 1 is 1.38 bits per heavy atom.